The van der Waals surface area contributed by atoms with E-state index < -0.39 is 16.1 Å². The molecule has 2 heterocycles. The number of carbonyl (C=O) groups is 1. The molecule has 7 nitrogen and oxygen atoms in total. The van der Waals surface area contributed by atoms with Crippen LogP contribution < -0.4 is 9.03 Å². The van der Waals surface area contributed by atoms with Crippen LogP contribution in [0, 0.1) is 0 Å². The van der Waals surface area contributed by atoms with Gasteiger partial charge in [0, 0.05) is 18.0 Å². The number of hydrogen-bond donors (Lipinski definition) is 2. The van der Waals surface area contributed by atoms with E-state index in [-0.39, 0.29) is 18.0 Å². The van der Waals surface area contributed by atoms with Gasteiger partial charge >= 0.3 is 10.2 Å². The Morgan fingerprint density at radius 1 is 1.36 bits per heavy atom. The molecule has 1 aromatic heterocycles. The van der Waals surface area contributed by atoms with E-state index in [1.54, 1.807) is 23.6 Å². The van der Waals surface area contributed by atoms with Gasteiger partial charge in [-0.15, -0.1) is 11.3 Å². The number of nitrogens with zero attached hydrogens (tertiary/aromatic N) is 2. The van der Waals surface area contributed by atoms with Crippen molar-refractivity contribution in [1.29, 1.82) is 0 Å². The van der Waals surface area contributed by atoms with Crippen molar-refractivity contribution in [2.75, 3.05) is 10.8 Å². The summed E-state index contributed by atoms with van der Waals surface area (Å²) in [4.78, 5) is 15.4. The molecular formula is C13H13N3O4S2. The number of rotatable bonds is 4. The highest BCUT2D eigenvalue weighted by atomic mass is 32.2. The fourth-order valence-electron chi connectivity index (χ4n) is 2.22. The number of phenols is 1. The number of aromatic hydroxyl groups is 1. The highest BCUT2D eigenvalue weighted by Gasteiger charge is 2.35. The average Bonchev–Trinajstić information content (AvgIpc) is 3.04. The van der Waals surface area contributed by atoms with E-state index in [4.69, 9.17) is 0 Å². The molecule has 116 valence electrons. The number of aryl methyl sites for hydroxylation is 2. The van der Waals surface area contributed by atoms with Crippen LogP contribution in [0.25, 0.3) is 0 Å². The van der Waals surface area contributed by atoms with Gasteiger partial charge in [-0.3, -0.25) is 4.79 Å². The van der Waals surface area contributed by atoms with Crippen LogP contribution in [0.2, 0.25) is 0 Å². The van der Waals surface area contributed by atoms with Crippen LogP contribution in [0.3, 0.4) is 0 Å². The van der Waals surface area contributed by atoms with Crippen LogP contribution in [-0.2, 0) is 27.8 Å². The standard InChI is InChI=1S/C13H13N3O4S2/c17-11-7-9(2-4-13-14-5-6-21-13)1-3-10(11)16-8-12(18)15-22(16,19)20/h1,3,5-7,17H,2,4,8H2,(H,15,18). The molecule has 9 heteroatoms. The first-order valence-electron chi connectivity index (χ1n) is 6.49. The Labute approximate surface area is 131 Å². The highest BCUT2D eigenvalue weighted by Crippen LogP contribution is 2.31. The Bertz CT molecular complexity index is 803. The number of amides is 1. The van der Waals surface area contributed by atoms with Gasteiger partial charge in [-0.25, -0.2) is 14.0 Å². The molecular weight excluding hydrogens is 326 g/mol. The number of hydrogen-bond acceptors (Lipinski definition) is 6. The predicted octanol–water partition coefficient (Wildman–Crippen LogP) is 0.815. The van der Waals surface area contributed by atoms with Crippen molar-refractivity contribution in [3.05, 3.63) is 40.3 Å². The normalized spacial score (nSPS) is 16.7. The summed E-state index contributed by atoms with van der Waals surface area (Å²) < 4.78 is 26.3. The molecule has 0 saturated carbocycles. The van der Waals surface area contributed by atoms with Crippen LogP contribution in [-0.4, -0.2) is 31.0 Å². The Hall–Kier alpha value is -2.13. The van der Waals surface area contributed by atoms with Crippen molar-refractivity contribution in [2.45, 2.75) is 12.8 Å². The zero-order valence-electron chi connectivity index (χ0n) is 11.4. The van der Waals surface area contributed by atoms with E-state index in [1.165, 1.54) is 12.1 Å². The summed E-state index contributed by atoms with van der Waals surface area (Å²) in [7, 11) is -3.91. The van der Waals surface area contributed by atoms with Gasteiger partial charge in [-0.1, -0.05) is 6.07 Å². The third-order valence-corrected chi connectivity index (χ3v) is 5.47. The molecule has 2 aromatic rings. The van der Waals surface area contributed by atoms with Gasteiger partial charge in [-0.05, 0) is 24.1 Å². The Morgan fingerprint density at radius 3 is 2.77 bits per heavy atom. The van der Waals surface area contributed by atoms with Gasteiger partial charge in [0.15, 0.2) is 0 Å². The topological polar surface area (TPSA) is 99.6 Å². The van der Waals surface area contributed by atoms with E-state index in [0.717, 1.165) is 21.3 Å². The minimum absolute atomic E-state index is 0.0938. The van der Waals surface area contributed by atoms with Gasteiger partial charge in [0.25, 0.3) is 5.91 Å². The molecule has 1 amide bonds. The monoisotopic (exact) mass is 339 g/mol. The number of carbonyl (C=O) groups excluding carboxylic acids is 1. The lowest BCUT2D eigenvalue weighted by atomic mass is 10.1. The largest absolute Gasteiger partial charge is 0.506 e. The van der Waals surface area contributed by atoms with Crippen molar-refractivity contribution in [1.82, 2.24) is 9.71 Å². The maximum atomic E-state index is 11.8. The van der Waals surface area contributed by atoms with Crippen LogP contribution in [0.4, 0.5) is 5.69 Å². The van der Waals surface area contributed by atoms with Crippen LogP contribution >= 0.6 is 11.3 Å². The molecule has 1 aromatic carbocycles. The maximum Gasteiger partial charge on any atom is 0.326 e. The fourth-order valence-corrected chi connectivity index (χ4v) is 4.01. The fraction of sp³-hybridized carbons (Fsp3) is 0.231. The molecule has 0 aliphatic carbocycles. The first-order valence-corrected chi connectivity index (χ1v) is 8.81. The summed E-state index contributed by atoms with van der Waals surface area (Å²) in [5.41, 5.74) is 0.962. The van der Waals surface area contributed by atoms with Crippen molar-refractivity contribution >= 4 is 33.1 Å². The quantitative estimate of drug-likeness (QED) is 0.859. The van der Waals surface area contributed by atoms with E-state index >= 15 is 0 Å². The van der Waals surface area contributed by atoms with Crippen LogP contribution in [0.5, 0.6) is 5.75 Å². The predicted molar refractivity (Wildman–Crippen MR) is 82.0 cm³/mol. The molecule has 0 unspecified atom stereocenters. The average molecular weight is 339 g/mol. The summed E-state index contributed by atoms with van der Waals surface area (Å²) >= 11 is 1.56. The Kier molecular flexibility index (Phi) is 3.75. The number of anilines is 1. The molecule has 3 rings (SSSR count). The van der Waals surface area contributed by atoms with Gasteiger partial charge in [0.1, 0.15) is 12.3 Å². The van der Waals surface area contributed by atoms with E-state index in [2.05, 4.69) is 4.98 Å². The molecule has 1 aliphatic rings. The Morgan fingerprint density at radius 2 is 2.18 bits per heavy atom. The van der Waals surface area contributed by atoms with Crippen molar-refractivity contribution < 1.29 is 18.3 Å². The second-order valence-corrected chi connectivity index (χ2v) is 7.36. The molecule has 2 N–H and O–H groups in total. The van der Waals surface area contributed by atoms with Crippen molar-refractivity contribution in [3.8, 4) is 5.75 Å². The third kappa shape index (κ3) is 2.90. The lowest BCUT2D eigenvalue weighted by Gasteiger charge is -2.16. The lowest BCUT2D eigenvalue weighted by Crippen LogP contribution is -2.29. The molecule has 1 saturated heterocycles. The van der Waals surface area contributed by atoms with Crippen LogP contribution in [0.15, 0.2) is 29.8 Å². The van der Waals surface area contributed by atoms with Crippen molar-refractivity contribution in [3.63, 3.8) is 0 Å². The van der Waals surface area contributed by atoms with E-state index in [1.807, 2.05) is 10.1 Å². The third-order valence-electron chi connectivity index (χ3n) is 3.24. The Balaban J connectivity index is 1.79. The van der Waals surface area contributed by atoms with E-state index in [0.29, 0.717) is 6.42 Å². The number of benzene rings is 1. The van der Waals surface area contributed by atoms with Crippen LogP contribution in [0.1, 0.15) is 10.6 Å². The summed E-state index contributed by atoms with van der Waals surface area (Å²) in [6.07, 6.45) is 3.17. The summed E-state index contributed by atoms with van der Waals surface area (Å²) in [6.45, 7) is -0.325. The number of thiazole rings is 1. The molecule has 0 spiro atoms. The van der Waals surface area contributed by atoms with Gasteiger partial charge in [0.2, 0.25) is 0 Å². The highest BCUT2D eigenvalue weighted by molar-refractivity contribution is 7.92. The molecule has 1 aliphatic heterocycles. The summed E-state index contributed by atoms with van der Waals surface area (Å²) in [6, 6.07) is 4.76. The second-order valence-electron chi connectivity index (χ2n) is 4.79. The molecule has 0 atom stereocenters. The maximum absolute atomic E-state index is 11.8. The lowest BCUT2D eigenvalue weighted by molar-refractivity contribution is -0.117. The van der Waals surface area contributed by atoms with Gasteiger partial charge in [0.05, 0.1) is 10.7 Å². The molecule has 1 fully saturated rings. The number of phenolic OH excluding ortho intramolecular Hbond substituents is 1. The zero-order chi connectivity index (χ0) is 15.7. The van der Waals surface area contributed by atoms with E-state index in [9.17, 15) is 18.3 Å². The smallest absolute Gasteiger partial charge is 0.326 e. The zero-order valence-corrected chi connectivity index (χ0v) is 13.0. The minimum Gasteiger partial charge on any atom is -0.506 e. The number of nitrogens with one attached hydrogen (secondary N) is 1. The molecule has 0 radical (unpaired) electrons. The van der Waals surface area contributed by atoms with Gasteiger partial charge in [-0.2, -0.15) is 8.42 Å². The molecule has 0 bridgehead atoms. The van der Waals surface area contributed by atoms with Crippen molar-refractivity contribution in [2.24, 2.45) is 0 Å². The molecule has 22 heavy (non-hydrogen) atoms. The summed E-state index contributed by atoms with van der Waals surface area (Å²) in [5.74, 6) is -0.788. The first kappa shape index (κ1) is 14.8. The summed E-state index contributed by atoms with van der Waals surface area (Å²) in [5, 5.41) is 13.0. The first-order chi connectivity index (χ1) is 10.5. The number of aromatic nitrogens is 1. The SMILES string of the molecule is O=C1CN(c2ccc(CCc3nccs3)cc2O)S(=O)(=O)N1. The minimum atomic E-state index is -3.91. The second kappa shape index (κ2) is 5.58. The van der Waals surface area contributed by atoms with Gasteiger partial charge < -0.3 is 5.11 Å².